The standard InChI is InChI=1S/C30H36N2O3/c1-22(2)19-31-30(34)28(18-25-11-7-5-8-12-25)32(20-26-13-9-6-10-14-26)29(33)21-35-27-16-23(3)15-24(4)17-27/h5-17,22,28H,18-21H2,1-4H3,(H,31,34)/t28-/m0/s1. The molecule has 3 rings (SSSR count). The van der Waals surface area contributed by atoms with Gasteiger partial charge in [-0.25, -0.2) is 0 Å². The molecule has 5 heteroatoms. The summed E-state index contributed by atoms with van der Waals surface area (Å²) in [6.45, 7) is 8.84. The zero-order valence-electron chi connectivity index (χ0n) is 21.2. The van der Waals surface area contributed by atoms with Crippen LogP contribution in [0.2, 0.25) is 0 Å². The molecule has 0 unspecified atom stereocenters. The molecular weight excluding hydrogens is 436 g/mol. The van der Waals surface area contributed by atoms with Gasteiger partial charge in [0.1, 0.15) is 11.8 Å². The highest BCUT2D eigenvalue weighted by Crippen LogP contribution is 2.18. The Labute approximate surface area is 209 Å². The molecule has 1 N–H and O–H groups in total. The van der Waals surface area contributed by atoms with Gasteiger partial charge in [-0.05, 0) is 54.2 Å². The lowest BCUT2D eigenvalue weighted by Gasteiger charge is -2.31. The first-order valence-electron chi connectivity index (χ1n) is 12.2. The van der Waals surface area contributed by atoms with E-state index in [-0.39, 0.29) is 18.4 Å². The number of hydrogen-bond acceptors (Lipinski definition) is 3. The molecule has 0 aliphatic heterocycles. The fourth-order valence-corrected chi connectivity index (χ4v) is 4.00. The molecule has 0 aliphatic rings. The highest BCUT2D eigenvalue weighted by atomic mass is 16.5. The Balaban J connectivity index is 1.88. The summed E-state index contributed by atoms with van der Waals surface area (Å²) in [5.74, 6) is 0.578. The fourth-order valence-electron chi connectivity index (χ4n) is 4.00. The molecule has 0 aliphatic carbocycles. The predicted octanol–water partition coefficient (Wildman–Crippen LogP) is 5.09. The van der Waals surface area contributed by atoms with Crippen LogP contribution in [-0.4, -0.2) is 35.9 Å². The number of amides is 2. The molecule has 1 atom stereocenters. The van der Waals surface area contributed by atoms with E-state index in [1.54, 1.807) is 4.90 Å². The van der Waals surface area contributed by atoms with Gasteiger partial charge >= 0.3 is 0 Å². The van der Waals surface area contributed by atoms with E-state index in [9.17, 15) is 9.59 Å². The summed E-state index contributed by atoms with van der Waals surface area (Å²) < 4.78 is 5.90. The van der Waals surface area contributed by atoms with Crippen molar-refractivity contribution in [3.8, 4) is 5.75 Å². The number of rotatable bonds is 11. The van der Waals surface area contributed by atoms with Crippen molar-refractivity contribution in [2.75, 3.05) is 13.2 Å². The molecule has 3 aromatic carbocycles. The number of benzene rings is 3. The van der Waals surface area contributed by atoms with Crippen molar-refractivity contribution in [1.82, 2.24) is 10.2 Å². The Morgan fingerprint density at radius 3 is 2.00 bits per heavy atom. The van der Waals surface area contributed by atoms with E-state index in [1.807, 2.05) is 86.6 Å². The first-order valence-corrected chi connectivity index (χ1v) is 12.2. The van der Waals surface area contributed by atoms with Gasteiger partial charge < -0.3 is 15.0 Å². The van der Waals surface area contributed by atoms with E-state index in [0.29, 0.717) is 31.2 Å². The molecule has 35 heavy (non-hydrogen) atoms. The Morgan fingerprint density at radius 2 is 1.43 bits per heavy atom. The average molecular weight is 473 g/mol. The fraction of sp³-hybridized carbons (Fsp3) is 0.333. The number of ether oxygens (including phenoxy) is 1. The Bertz CT molecular complexity index is 1080. The summed E-state index contributed by atoms with van der Waals surface area (Å²) in [7, 11) is 0. The van der Waals surface area contributed by atoms with Crippen molar-refractivity contribution in [3.05, 3.63) is 101 Å². The van der Waals surface area contributed by atoms with Crippen LogP contribution in [0.1, 0.15) is 36.1 Å². The normalized spacial score (nSPS) is 11.7. The van der Waals surface area contributed by atoms with Crippen molar-refractivity contribution >= 4 is 11.8 Å². The SMILES string of the molecule is Cc1cc(C)cc(OCC(=O)N(Cc2ccccc2)[C@@H](Cc2ccccc2)C(=O)NCC(C)C)c1. The molecule has 0 spiro atoms. The molecule has 3 aromatic rings. The lowest BCUT2D eigenvalue weighted by atomic mass is 10.0. The molecule has 0 radical (unpaired) electrons. The maximum atomic E-state index is 13.6. The Hall–Kier alpha value is -3.60. The van der Waals surface area contributed by atoms with Gasteiger partial charge in [0.05, 0.1) is 0 Å². The molecule has 0 bridgehead atoms. The summed E-state index contributed by atoms with van der Waals surface area (Å²) >= 11 is 0. The monoisotopic (exact) mass is 472 g/mol. The Kier molecular flexibility index (Phi) is 9.47. The van der Waals surface area contributed by atoms with E-state index in [2.05, 4.69) is 25.2 Å². The van der Waals surface area contributed by atoms with Crippen LogP contribution in [-0.2, 0) is 22.6 Å². The van der Waals surface area contributed by atoms with Crippen LogP contribution in [0.3, 0.4) is 0 Å². The van der Waals surface area contributed by atoms with Crippen LogP contribution in [0.5, 0.6) is 5.75 Å². The summed E-state index contributed by atoms with van der Waals surface area (Å²) in [5, 5.41) is 3.04. The third-order valence-corrected chi connectivity index (χ3v) is 5.71. The molecule has 2 amide bonds. The smallest absolute Gasteiger partial charge is 0.261 e. The minimum atomic E-state index is -0.660. The Morgan fingerprint density at radius 1 is 0.857 bits per heavy atom. The van der Waals surface area contributed by atoms with E-state index >= 15 is 0 Å². The lowest BCUT2D eigenvalue weighted by Crippen LogP contribution is -2.52. The third-order valence-electron chi connectivity index (χ3n) is 5.71. The molecule has 184 valence electrons. The number of nitrogens with zero attached hydrogens (tertiary/aromatic N) is 1. The second kappa shape index (κ2) is 12.7. The van der Waals surface area contributed by atoms with Crippen molar-refractivity contribution < 1.29 is 14.3 Å². The van der Waals surface area contributed by atoms with E-state index < -0.39 is 6.04 Å². The van der Waals surface area contributed by atoms with Gasteiger partial charge in [-0.1, -0.05) is 80.6 Å². The lowest BCUT2D eigenvalue weighted by molar-refractivity contribution is -0.142. The molecule has 5 nitrogen and oxygen atoms in total. The van der Waals surface area contributed by atoms with Gasteiger partial charge in [0, 0.05) is 19.5 Å². The number of aryl methyl sites for hydroxylation is 2. The van der Waals surface area contributed by atoms with Gasteiger partial charge in [-0.2, -0.15) is 0 Å². The first kappa shape index (κ1) is 26.0. The topological polar surface area (TPSA) is 58.6 Å². The number of hydrogen-bond donors (Lipinski definition) is 1. The van der Waals surface area contributed by atoms with Crippen LogP contribution in [0.4, 0.5) is 0 Å². The van der Waals surface area contributed by atoms with Gasteiger partial charge in [-0.15, -0.1) is 0 Å². The molecule has 0 saturated carbocycles. The number of carbonyl (C=O) groups excluding carboxylic acids is 2. The van der Waals surface area contributed by atoms with Crippen molar-refractivity contribution in [2.24, 2.45) is 5.92 Å². The zero-order chi connectivity index (χ0) is 25.2. The van der Waals surface area contributed by atoms with Gasteiger partial charge in [0.2, 0.25) is 5.91 Å². The minimum absolute atomic E-state index is 0.140. The number of nitrogens with one attached hydrogen (secondary N) is 1. The maximum Gasteiger partial charge on any atom is 0.261 e. The van der Waals surface area contributed by atoms with Crippen LogP contribution in [0.15, 0.2) is 78.9 Å². The third kappa shape index (κ3) is 8.29. The van der Waals surface area contributed by atoms with Gasteiger partial charge in [-0.3, -0.25) is 9.59 Å². The predicted molar refractivity (Wildman–Crippen MR) is 140 cm³/mol. The van der Waals surface area contributed by atoms with Gasteiger partial charge in [0.25, 0.3) is 5.91 Å². The highest BCUT2D eigenvalue weighted by Gasteiger charge is 2.30. The molecule has 0 aromatic heterocycles. The quantitative estimate of drug-likeness (QED) is 0.423. The van der Waals surface area contributed by atoms with Crippen LogP contribution in [0.25, 0.3) is 0 Å². The van der Waals surface area contributed by atoms with Crippen molar-refractivity contribution in [2.45, 2.75) is 46.7 Å². The largest absolute Gasteiger partial charge is 0.484 e. The van der Waals surface area contributed by atoms with E-state index in [1.165, 1.54) is 0 Å². The van der Waals surface area contributed by atoms with Crippen molar-refractivity contribution in [1.29, 1.82) is 0 Å². The molecule has 0 fully saturated rings. The van der Waals surface area contributed by atoms with Crippen LogP contribution < -0.4 is 10.1 Å². The highest BCUT2D eigenvalue weighted by molar-refractivity contribution is 5.88. The first-order chi connectivity index (χ1) is 16.8. The van der Waals surface area contributed by atoms with Crippen molar-refractivity contribution in [3.63, 3.8) is 0 Å². The van der Waals surface area contributed by atoms with Crippen LogP contribution in [0, 0.1) is 19.8 Å². The average Bonchev–Trinajstić information content (AvgIpc) is 2.84. The maximum absolute atomic E-state index is 13.6. The van der Waals surface area contributed by atoms with Crippen LogP contribution >= 0.6 is 0 Å². The molecule has 0 heterocycles. The number of carbonyl (C=O) groups is 2. The van der Waals surface area contributed by atoms with E-state index in [4.69, 9.17) is 4.74 Å². The second-order valence-electron chi connectivity index (χ2n) is 9.46. The van der Waals surface area contributed by atoms with E-state index in [0.717, 1.165) is 22.3 Å². The van der Waals surface area contributed by atoms with Gasteiger partial charge in [0.15, 0.2) is 6.61 Å². The zero-order valence-corrected chi connectivity index (χ0v) is 21.2. The summed E-state index contributed by atoms with van der Waals surface area (Å²) in [6, 6.07) is 24.8. The summed E-state index contributed by atoms with van der Waals surface area (Å²) in [5.41, 5.74) is 4.10. The minimum Gasteiger partial charge on any atom is -0.484 e. The summed E-state index contributed by atoms with van der Waals surface area (Å²) in [4.78, 5) is 28.6. The second-order valence-corrected chi connectivity index (χ2v) is 9.46. The summed E-state index contributed by atoms with van der Waals surface area (Å²) in [6.07, 6.45) is 0.424. The molecular formula is C30H36N2O3. The molecule has 0 saturated heterocycles.